The summed E-state index contributed by atoms with van der Waals surface area (Å²) in [6, 6.07) is 0. The van der Waals surface area contributed by atoms with Gasteiger partial charge in [-0.25, -0.2) is 0 Å². The zero-order valence-corrected chi connectivity index (χ0v) is 14.7. The van der Waals surface area contributed by atoms with Crippen molar-refractivity contribution in [2.75, 3.05) is 20.3 Å². The fourth-order valence-electron chi connectivity index (χ4n) is 4.77. The van der Waals surface area contributed by atoms with Crippen LogP contribution >= 0.6 is 0 Å². The van der Waals surface area contributed by atoms with Crippen molar-refractivity contribution in [1.29, 1.82) is 0 Å². The zero-order valence-electron chi connectivity index (χ0n) is 14.7. The third kappa shape index (κ3) is 2.93. The topological polar surface area (TPSA) is 168 Å². The Balaban J connectivity index is 1.58. The predicted molar refractivity (Wildman–Crippen MR) is 82.8 cm³/mol. The molecule has 0 amide bonds. The Bertz CT molecular complexity index is 546. The van der Waals surface area contributed by atoms with E-state index in [9.17, 15) is 30.6 Å². The maximum absolute atomic E-state index is 11.1. The molecule has 4 saturated heterocycles. The first-order valence-electron chi connectivity index (χ1n) is 8.98. The number of hydrogen-bond donors (Lipinski definition) is 6. The van der Waals surface area contributed by atoms with Crippen LogP contribution in [-0.4, -0.2) is 112 Å². The summed E-state index contributed by atoms with van der Waals surface area (Å²) in [7, 11) is 1.44. The number of fused-ring (bicyclic) bond motifs is 2. The second-order valence-corrected chi connectivity index (χ2v) is 7.64. The van der Waals surface area contributed by atoms with E-state index in [-0.39, 0.29) is 12.5 Å². The summed E-state index contributed by atoms with van der Waals surface area (Å²) in [5, 5.41) is 60.9. The van der Waals surface area contributed by atoms with Gasteiger partial charge >= 0.3 is 0 Å². The molecule has 5 rings (SSSR count). The van der Waals surface area contributed by atoms with E-state index in [1.54, 1.807) is 0 Å². The summed E-state index contributed by atoms with van der Waals surface area (Å²) in [6.07, 6.45) is -10.6. The van der Waals surface area contributed by atoms with E-state index in [2.05, 4.69) is 0 Å². The van der Waals surface area contributed by atoms with Gasteiger partial charge in [-0.05, 0) is 0 Å². The quantitative estimate of drug-likeness (QED) is 0.277. The molecule has 11 nitrogen and oxygen atoms in total. The van der Waals surface area contributed by atoms with Crippen LogP contribution in [0.15, 0.2) is 0 Å². The molecule has 4 heterocycles. The Morgan fingerprint density at radius 3 is 2.44 bits per heavy atom. The van der Waals surface area contributed by atoms with Crippen molar-refractivity contribution in [3.05, 3.63) is 0 Å². The standard InChI is InChI=1S/C16H26O11/c1-23-12-5-2-7-24-4-16(22,13(12)21)8(5)14(26-7)27-15-11(20)10(19)9(18)6(3-17)25-15/h5-15,17-22H,2-4H2,1H3. The minimum absolute atomic E-state index is 0.172. The van der Waals surface area contributed by atoms with Gasteiger partial charge < -0.3 is 54.3 Å². The Kier molecular flexibility index (Phi) is 5.23. The van der Waals surface area contributed by atoms with Crippen molar-refractivity contribution in [2.45, 2.75) is 67.5 Å². The summed E-state index contributed by atoms with van der Waals surface area (Å²) in [5.41, 5.74) is -1.69. The number of hydrogen-bond acceptors (Lipinski definition) is 11. The highest BCUT2D eigenvalue weighted by molar-refractivity contribution is 5.13. The number of ether oxygens (including phenoxy) is 5. The lowest BCUT2D eigenvalue weighted by molar-refractivity contribution is -0.371. The molecule has 4 bridgehead atoms. The largest absolute Gasteiger partial charge is 0.394 e. The van der Waals surface area contributed by atoms with E-state index in [1.807, 2.05) is 0 Å². The highest BCUT2D eigenvalue weighted by atomic mass is 16.8. The van der Waals surface area contributed by atoms with Crippen molar-refractivity contribution in [3.63, 3.8) is 0 Å². The van der Waals surface area contributed by atoms with E-state index < -0.39 is 73.6 Å². The smallest absolute Gasteiger partial charge is 0.189 e. The fraction of sp³-hybridized carbons (Fsp3) is 1.00. The summed E-state index contributed by atoms with van der Waals surface area (Å²) in [6.45, 7) is -0.767. The van der Waals surface area contributed by atoms with Crippen molar-refractivity contribution < 1.29 is 54.3 Å². The van der Waals surface area contributed by atoms with Crippen molar-refractivity contribution >= 4 is 0 Å². The summed E-state index contributed by atoms with van der Waals surface area (Å²) in [5.74, 6) is -1.06. The Labute approximate surface area is 155 Å². The first-order chi connectivity index (χ1) is 12.8. The number of rotatable bonds is 4. The molecule has 156 valence electrons. The van der Waals surface area contributed by atoms with Crippen molar-refractivity contribution in [1.82, 2.24) is 0 Å². The van der Waals surface area contributed by atoms with Crippen LogP contribution in [-0.2, 0) is 23.7 Å². The number of aliphatic hydroxyl groups is 6. The molecule has 0 aromatic carbocycles. The van der Waals surface area contributed by atoms with Gasteiger partial charge in [0.2, 0.25) is 0 Å². The van der Waals surface area contributed by atoms with Gasteiger partial charge in [-0.3, -0.25) is 0 Å². The highest BCUT2D eigenvalue weighted by Crippen LogP contribution is 2.53. The van der Waals surface area contributed by atoms with Crippen LogP contribution in [0.3, 0.4) is 0 Å². The van der Waals surface area contributed by atoms with Crippen molar-refractivity contribution in [3.8, 4) is 0 Å². The number of methoxy groups -OCH3 is 1. The van der Waals surface area contributed by atoms with Crippen LogP contribution in [0.4, 0.5) is 0 Å². The molecule has 27 heavy (non-hydrogen) atoms. The molecule has 5 aliphatic rings. The first-order valence-corrected chi connectivity index (χ1v) is 8.98. The van der Waals surface area contributed by atoms with Gasteiger partial charge in [0.05, 0.1) is 19.3 Å². The van der Waals surface area contributed by atoms with Gasteiger partial charge in [-0.1, -0.05) is 0 Å². The van der Waals surface area contributed by atoms with Gasteiger partial charge in [0.25, 0.3) is 0 Å². The van der Waals surface area contributed by atoms with Crippen LogP contribution in [0.1, 0.15) is 6.42 Å². The Morgan fingerprint density at radius 2 is 1.78 bits per heavy atom. The third-order valence-electron chi connectivity index (χ3n) is 6.22. The van der Waals surface area contributed by atoms with E-state index in [1.165, 1.54) is 7.11 Å². The van der Waals surface area contributed by atoms with Crippen LogP contribution in [0.2, 0.25) is 0 Å². The van der Waals surface area contributed by atoms with Gasteiger partial charge in [0.1, 0.15) is 36.1 Å². The van der Waals surface area contributed by atoms with Gasteiger partial charge in [0.15, 0.2) is 18.9 Å². The van der Waals surface area contributed by atoms with Crippen LogP contribution in [0, 0.1) is 11.8 Å². The molecule has 12 unspecified atom stereocenters. The molecular formula is C16H26O11. The Hall–Kier alpha value is -0.440. The molecular weight excluding hydrogens is 368 g/mol. The maximum atomic E-state index is 11.1. The molecule has 0 spiro atoms. The first kappa shape index (κ1) is 19.9. The number of aliphatic hydroxyl groups excluding tert-OH is 5. The molecule has 1 aliphatic carbocycles. The van der Waals surface area contributed by atoms with E-state index >= 15 is 0 Å². The molecule has 4 aliphatic heterocycles. The molecule has 11 heteroatoms. The second kappa shape index (κ2) is 7.11. The maximum Gasteiger partial charge on any atom is 0.189 e. The van der Waals surface area contributed by atoms with E-state index in [0.717, 1.165) is 0 Å². The summed E-state index contributed by atoms with van der Waals surface area (Å²) >= 11 is 0. The molecule has 0 radical (unpaired) electrons. The average molecular weight is 394 g/mol. The zero-order chi connectivity index (χ0) is 19.5. The third-order valence-corrected chi connectivity index (χ3v) is 6.22. The molecule has 6 N–H and O–H groups in total. The van der Waals surface area contributed by atoms with Gasteiger partial charge in [-0.2, -0.15) is 0 Å². The molecule has 0 aromatic rings. The summed E-state index contributed by atoms with van der Waals surface area (Å²) in [4.78, 5) is 0. The lowest BCUT2D eigenvalue weighted by atomic mass is 9.82. The Morgan fingerprint density at radius 1 is 1.04 bits per heavy atom. The average Bonchev–Trinajstić information content (AvgIpc) is 2.76. The lowest BCUT2D eigenvalue weighted by Crippen LogP contribution is -2.61. The minimum atomic E-state index is -1.69. The van der Waals surface area contributed by atoms with Crippen molar-refractivity contribution in [2.24, 2.45) is 11.8 Å². The highest BCUT2D eigenvalue weighted by Gasteiger charge is 2.68. The van der Waals surface area contributed by atoms with Gasteiger partial charge in [0, 0.05) is 25.4 Å². The van der Waals surface area contributed by atoms with Gasteiger partial charge in [-0.15, -0.1) is 0 Å². The fourth-order valence-corrected chi connectivity index (χ4v) is 4.77. The molecule has 1 saturated carbocycles. The summed E-state index contributed by atoms with van der Waals surface area (Å²) < 4.78 is 27.7. The van der Waals surface area contributed by atoms with E-state index in [4.69, 9.17) is 23.7 Å². The minimum Gasteiger partial charge on any atom is -0.394 e. The van der Waals surface area contributed by atoms with Crippen LogP contribution in [0.25, 0.3) is 0 Å². The molecule has 5 fully saturated rings. The lowest BCUT2D eigenvalue weighted by Gasteiger charge is -2.44. The monoisotopic (exact) mass is 394 g/mol. The second-order valence-electron chi connectivity index (χ2n) is 7.64. The van der Waals surface area contributed by atoms with Crippen LogP contribution < -0.4 is 0 Å². The molecule has 12 atom stereocenters. The molecule has 0 aromatic heterocycles. The predicted octanol–water partition coefficient (Wildman–Crippen LogP) is -3.74. The SMILES string of the molecule is COC1C2CC3OCC(O)(C1O)C2C(OC1OC(CO)C(O)C(O)C1O)O3. The van der Waals surface area contributed by atoms with Crippen LogP contribution in [0.5, 0.6) is 0 Å². The van der Waals surface area contributed by atoms with E-state index in [0.29, 0.717) is 6.42 Å². The normalized spacial score (nSPS) is 57.7.